The molecule has 152 valence electrons. The lowest BCUT2D eigenvalue weighted by molar-refractivity contribution is -0.140. The zero-order chi connectivity index (χ0) is 18.6. The minimum absolute atomic E-state index is 0. The maximum atomic E-state index is 12.8. The van der Waals surface area contributed by atoms with Crippen molar-refractivity contribution < 1.29 is 22.7 Å². The van der Waals surface area contributed by atoms with Gasteiger partial charge >= 0.3 is 0 Å². The zero-order valence-electron chi connectivity index (χ0n) is 15.3. The van der Waals surface area contributed by atoms with Gasteiger partial charge in [-0.05, 0) is 44.1 Å². The molecule has 10 heteroatoms. The molecular weight excluding hydrogens is 394 g/mol. The van der Waals surface area contributed by atoms with Crippen molar-refractivity contribution in [2.75, 3.05) is 51.8 Å². The first kappa shape index (κ1) is 22.1. The lowest BCUT2D eigenvalue weighted by atomic mass is 9.91. The van der Waals surface area contributed by atoms with Crippen molar-refractivity contribution in [3.05, 3.63) is 24.3 Å². The minimum atomic E-state index is -3.61. The number of hydrogen-bond acceptors (Lipinski definition) is 6. The van der Waals surface area contributed by atoms with Crippen LogP contribution in [0.25, 0.3) is 0 Å². The number of methoxy groups -OCH3 is 1. The van der Waals surface area contributed by atoms with Crippen LogP contribution in [0.3, 0.4) is 0 Å². The summed E-state index contributed by atoms with van der Waals surface area (Å²) in [7, 11) is -2.07. The van der Waals surface area contributed by atoms with Gasteiger partial charge in [0.25, 0.3) is 5.91 Å². The number of carbonyl (C=O) groups is 1. The average Bonchev–Trinajstić information content (AvgIpc) is 2.69. The van der Waals surface area contributed by atoms with E-state index in [-0.39, 0.29) is 23.2 Å². The number of nitrogens with zero attached hydrogens (tertiary/aromatic N) is 1. The van der Waals surface area contributed by atoms with Crippen LogP contribution in [0.1, 0.15) is 12.8 Å². The fourth-order valence-electron chi connectivity index (χ4n) is 3.27. The van der Waals surface area contributed by atoms with Gasteiger partial charge in [-0.2, -0.15) is 4.31 Å². The summed E-state index contributed by atoms with van der Waals surface area (Å²) in [6, 6.07) is 6.34. The summed E-state index contributed by atoms with van der Waals surface area (Å²) in [5.74, 6) is -0.248. The van der Waals surface area contributed by atoms with Crippen molar-refractivity contribution in [3.63, 3.8) is 0 Å². The molecule has 0 unspecified atom stereocenters. The summed E-state index contributed by atoms with van der Waals surface area (Å²) < 4.78 is 37.7. The molecule has 2 saturated heterocycles. The molecule has 2 N–H and O–H groups in total. The standard InChI is InChI=1S/C17H25N3O5S.ClH/c1-24-17(5-7-18-8-6-17)16(21)19-14-3-2-4-15(13-14)26(22,23)20-9-11-25-12-10-20;/h2-4,13,18H,5-12H2,1H3,(H,19,21);1H. The smallest absolute Gasteiger partial charge is 0.256 e. The van der Waals surface area contributed by atoms with Crippen LogP contribution in [0.4, 0.5) is 5.69 Å². The number of carbonyl (C=O) groups excluding carboxylic acids is 1. The first-order valence-corrected chi connectivity index (χ1v) is 10.2. The average molecular weight is 420 g/mol. The molecule has 1 aromatic rings. The van der Waals surface area contributed by atoms with Gasteiger partial charge in [-0.1, -0.05) is 6.07 Å². The lowest BCUT2D eigenvalue weighted by Gasteiger charge is -2.34. The fourth-order valence-corrected chi connectivity index (χ4v) is 4.72. The molecule has 8 nitrogen and oxygen atoms in total. The molecule has 2 aliphatic rings. The number of anilines is 1. The van der Waals surface area contributed by atoms with Gasteiger partial charge in [0.05, 0.1) is 18.1 Å². The molecule has 0 atom stereocenters. The van der Waals surface area contributed by atoms with Crippen molar-refractivity contribution in [1.82, 2.24) is 9.62 Å². The van der Waals surface area contributed by atoms with Gasteiger partial charge in [0.15, 0.2) is 0 Å². The highest BCUT2D eigenvalue weighted by Crippen LogP contribution is 2.26. The van der Waals surface area contributed by atoms with E-state index in [1.165, 1.54) is 23.5 Å². The molecule has 2 heterocycles. The Morgan fingerprint density at radius 1 is 1.26 bits per heavy atom. The summed E-state index contributed by atoms with van der Waals surface area (Å²) in [5, 5.41) is 6.02. The number of hydrogen-bond donors (Lipinski definition) is 2. The van der Waals surface area contributed by atoms with Crippen molar-refractivity contribution in [2.24, 2.45) is 0 Å². The van der Waals surface area contributed by atoms with Crippen LogP contribution in [0.2, 0.25) is 0 Å². The maximum absolute atomic E-state index is 12.8. The van der Waals surface area contributed by atoms with Crippen molar-refractivity contribution in [3.8, 4) is 0 Å². The first-order valence-electron chi connectivity index (χ1n) is 8.73. The first-order chi connectivity index (χ1) is 12.5. The van der Waals surface area contributed by atoms with Gasteiger partial charge in [0, 0.05) is 25.9 Å². The minimum Gasteiger partial charge on any atom is -0.379 e. The highest BCUT2D eigenvalue weighted by Gasteiger charge is 2.39. The molecule has 2 aliphatic heterocycles. The monoisotopic (exact) mass is 419 g/mol. The lowest BCUT2D eigenvalue weighted by Crippen LogP contribution is -2.51. The normalized spacial score (nSPS) is 20.5. The topological polar surface area (TPSA) is 97.0 Å². The molecule has 0 aliphatic carbocycles. The van der Waals surface area contributed by atoms with E-state index in [9.17, 15) is 13.2 Å². The summed E-state index contributed by atoms with van der Waals surface area (Å²) in [5.41, 5.74) is -0.441. The molecule has 1 amide bonds. The van der Waals surface area contributed by atoms with E-state index in [1.54, 1.807) is 12.1 Å². The Labute approximate surface area is 166 Å². The molecule has 27 heavy (non-hydrogen) atoms. The van der Waals surface area contributed by atoms with Crippen LogP contribution in [0.15, 0.2) is 29.2 Å². The molecule has 3 rings (SSSR count). The Kier molecular flexibility index (Phi) is 7.61. The quantitative estimate of drug-likeness (QED) is 0.734. The number of sulfonamides is 1. The highest BCUT2D eigenvalue weighted by molar-refractivity contribution is 7.89. The number of rotatable bonds is 5. The van der Waals surface area contributed by atoms with Gasteiger partial charge < -0.3 is 20.1 Å². The SMILES string of the molecule is COC1(C(=O)Nc2cccc(S(=O)(=O)N3CCOCC3)c2)CCNCC1.Cl. The van der Waals surface area contributed by atoms with E-state index >= 15 is 0 Å². The van der Waals surface area contributed by atoms with E-state index in [1.807, 2.05) is 0 Å². The van der Waals surface area contributed by atoms with E-state index in [4.69, 9.17) is 9.47 Å². The predicted molar refractivity (Wildman–Crippen MR) is 104 cm³/mol. The van der Waals surface area contributed by atoms with Crippen LogP contribution in [-0.4, -0.2) is 70.7 Å². The van der Waals surface area contributed by atoms with Crippen LogP contribution in [0, 0.1) is 0 Å². The third-order valence-corrected chi connectivity index (χ3v) is 6.81. The van der Waals surface area contributed by atoms with Crippen LogP contribution in [-0.2, 0) is 24.3 Å². The molecular formula is C17H26ClN3O5S. The Morgan fingerprint density at radius 3 is 2.56 bits per heavy atom. The van der Waals surface area contributed by atoms with Crippen molar-refractivity contribution >= 4 is 34.0 Å². The van der Waals surface area contributed by atoms with Gasteiger partial charge in [-0.25, -0.2) is 8.42 Å². The molecule has 0 bridgehead atoms. The van der Waals surface area contributed by atoms with E-state index in [0.29, 0.717) is 57.9 Å². The van der Waals surface area contributed by atoms with Gasteiger partial charge in [-0.3, -0.25) is 4.79 Å². The molecule has 0 spiro atoms. The van der Waals surface area contributed by atoms with Crippen molar-refractivity contribution in [1.29, 1.82) is 0 Å². The van der Waals surface area contributed by atoms with E-state index in [2.05, 4.69) is 10.6 Å². The third-order valence-electron chi connectivity index (χ3n) is 4.92. The van der Waals surface area contributed by atoms with Gasteiger partial charge in [0.2, 0.25) is 10.0 Å². The van der Waals surface area contributed by atoms with E-state index < -0.39 is 15.6 Å². The number of ether oxygens (including phenoxy) is 2. The number of amides is 1. The van der Waals surface area contributed by atoms with Gasteiger partial charge in [0.1, 0.15) is 5.60 Å². The number of halogens is 1. The summed E-state index contributed by atoms with van der Waals surface area (Å²) in [4.78, 5) is 12.9. The molecule has 1 aromatic carbocycles. The van der Waals surface area contributed by atoms with Crippen molar-refractivity contribution in [2.45, 2.75) is 23.3 Å². The van der Waals surface area contributed by atoms with Crippen LogP contribution in [0.5, 0.6) is 0 Å². The fraction of sp³-hybridized carbons (Fsp3) is 0.588. The zero-order valence-corrected chi connectivity index (χ0v) is 16.9. The number of piperidine rings is 1. The molecule has 0 aromatic heterocycles. The van der Waals surface area contributed by atoms with Gasteiger partial charge in [-0.15, -0.1) is 12.4 Å². The summed E-state index contributed by atoms with van der Waals surface area (Å²) in [6.07, 6.45) is 1.14. The van der Waals surface area contributed by atoms with E-state index in [0.717, 1.165) is 0 Å². The molecule has 0 radical (unpaired) electrons. The number of morpholine rings is 1. The summed E-state index contributed by atoms with van der Waals surface area (Å²) >= 11 is 0. The maximum Gasteiger partial charge on any atom is 0.256 e. The molecule has 2 fully saturated rings. The second-order valence-electron chi connectivity index (χ2n) is 6.45. The Balaban J connectivity index is 0.00000261. The third kappa shape index (κ3) is 4.79. The second-order valence-corrected chi connectivity index (χ2v) is 8.38. The number of benzene rings is 1. The van der Waals surface area contributed by atoms with Crippen LogP contribution < -0.4 is 10.6 Å². The Hall–Kier alpha value is -1.23. The molecule has 0 saturated carbocycles. The Bertz CT molecular complexity index is 747. The summed E-state index contributed by atoms with van der Waals surface area (Å²) in [6.45, 7) is 2.84. The largest absolute Gasteiger partial charge is 0.379 e. The predicted octanol–water partition coefficient (Wildman–Crippen LogP) is 0.836. The Morgan fingerprint density at radius 2 is 1.93 bits per heavy atom. The number of nitrogens with one attached hydrogen (secondary N) is 2. The second kappa shape index (κ2) is 9.31. The highest BCUT2D eigenvalue weighted by atomic mass is 35.5. The van der Waals surface area contributed by atoms with Crippen LogP contribution >= 0.6 is 12.4 Å².